The lowest BCUT2D eigenvalue weighted by atomic mass is 9.99. The number of hydrogen-bond donors (Lipinski definition) is 1. The first-order valence-electron chi connectivity index (χ1n) is 7.01. The van der Waals surface area contributed by atoms with Crippen LogP contribution in [0.5, 0.6) is 0 Å². The van der Waals surface area contributed by atoms with Crippen molar-refractivity contribution in [1.82, 2.24) is 10.3 Å². The molecule has 1 aliphatic carbocycles. The molecule has 3 rings (SSSR count). The van der Waals surface area contributed by atoms with E-state index in [2.05, 4.69) is 17.2 Å². The van der Waals surface area contributed by atoms with E-state index in [0.29, 0.717) is 5.92 Å². The molecule has 1 aliphatic rings. The van der Waals surface area contributed by atoms with Crippen LogP contribution in [0, 0.1) is 11.8 Å². The maximum absolute atomic E-state index is 12.2. The maximum atomic E-state index is 12.2. The van der Waals surface area contributed by atoms with Gasteiger partial charge in [-0.3, -0.25) is 9.78 Å². The monoisotopic (exact) mass is 266 g/mol. The summed E-state index contributed by atoms with van der Waals surface area (Å²) in [5, 5.41) is 3.18. The van der Waals surface area contributed by atoms with E-state index in [0.717, 1.165) is 17.5 Å². The standard InChI is InChI=1S/C17H18N2O/c1-12-11-15(12)17(20)19-16(13-5-3-2-4-6-13)14-7-9-18-10-8-14/h2-10,12,15-16H,11H2,1H3,(H,19,20)/t12-,15-,16-/m1/s1. The number of carbonyl (C=O) groups is 1. The Labute approximate surface area is 119 Å². The number of nitrogens with zero attached hydrogens (tertiary/aromatic N) is 1. The third-order valence-electron chi connectivity index (χ3n) is 3.91. The zero-order valence-corrected chi connectivity index (χ0v) is 11.5. The van der Waals surface area contributed by atoms with Gasteiger partial charge in [-0.2, -0.15) is 0 Å². The van der Waals surface area contributed by atoms with Crippen molar-refractivity contribution >= 4 is 5.91 Å². The second-order valence-electron chi connectivity index (χ2n) is 5.45. The first-order chi connectivity index (χ1) is 9.75. The highest BCUT2D eigenvalue weighted by Crippen LogP contribution is 2.38. The lowest BCUT2D eigenvalue weighted by Gasteiger charge is -2.19. The van der Waals surface area contributed by atoms with Crippen LogP contribution in [-0.2, 0) is 4.79 Å². The molecule has 1 amide bonds. The van der Waals surface area contributed by atoms with Crippen molar-refractivity contribution in [3.05, 3.63) is 66.0 Å². The van der Waals surface area contributed by atoms with E-state index in [-0.39, 0.29) is 17.9 Å². The molecule has 2 aromatic rings. The normalized spacial score (nSPS) is 22.1. The second-order valence-corrected chi connectivity index (χ2v) is 5.45. The van der Waals surface area contributed by atoms with Gasteiger partial charge < -0.3 is 5.32 Å². The smallest absolute Gasteiger partial charge is 0.224 e. The number of benzene rings is 1. The molecule has 3 nitrogen and oxygen atoms in total. The Hall–Kier alpha value is -2.16. The largest absolute Gasteiger partial charge is 0.345 e. The fraction of sp³-hybridized carbons (Fsp3) is 0.294. The van der Waals surface area contributed by atoms with Crippen molar-refractivity contribution in [3.8, 4) is 0 Å². The van der Waals surface area contributed by atoms with Crippen LogP contribution in [0.1, 0.15) is 30.5 Å². The molecular formula is C17H18N2O. The van der Waals surface area contributed by atoms with Gasteiger partial charge in [0, 0.05) is 18.3 Å². The number of hydrogen-bond acceptors (Lipinski definition) is 2. The molecule has 0 unspecified atom stereocenters. The summed E-state index contributed by atoms with van der Waals surface area (Å²) in [6, 6.07) is 13.9. The zero-order chi connectivity index (χ0) is 13.9. The number of pyridine rings is 1. The average molecular weight is 266 g/mol. The Kier molecular flexibility index (Phi) is 3.50. The molecule has 0 radical (unpaired) electrons. The fourth-order valence-corrected chi connectivity index (χ4v) is 2.50. The first kappa shape index (κ1) is 12.9. The Balaban J connectivity index is 1.86. The van der Waals surface area contributed by atoms with Crippen molar-refractivity contribution < 1.29 is 4.79 Å². The van der Waals surface area contributed by atoms with E-state index < -0.39 is 0 Å². The highest BCUT2D eigenvalue weighted by atomic mass is 16.2. The van der Waals surface area contributed by atoms with Crippen molar-refractivity contribution in [2.45, 2.75) is 19.4 Å². The van der Waals surface area contributed by atoms with Gasteiger partial charge in [-0.25, -0.2) is 0 Å². The molecule has 0 spiro atoms. The van der Waals surface area contributed by atoms with E-state index >= 15 is 0 Å². The van der Waals surface area contributed by atoms with Gasteiger partial charge in [0.1, 0.15) is 0 Å². The van der Waals surface area contributed by atoms with Crippen molar-refractivity contribution in [2.24, 2.45) is 11.8 Å². The SMILES string of the molecule is C[C@@H]1C[C@H]1C(=O)N[C@H](c1ccccc1)c1ccncc1. The minimum Gasteiger partial charge on any atom is -0.345 e. The Morgan fingerprint density at radius 1 is 1.15 bits per heavy atom. The van der Waals surface area contributed by atoms with Crippen LogP contribution in [0.15, 0.2) is 54.9 Å². The van der Waals surface area contributed by atoms with Crippen LogP contribution in [0.2, 0.25) is 0 Å². The Bertz CT molecular complexity index is 543. The number of rotatable bonds is 4. The van der Waals surface area contributed by atoms with Gasteiger partial charge in [0.25, 0.3) is 0 Å². The van der Waals surface area contributed by atoms with Gasteiger partial charge in [-0.05, 0) is 35.6 Å². The van der Waals surface area contributed by atoms with E-state index in [1.54, 1.807) is 12.4 Å². The molecule has 20 heavy (non-hydrogen) atoms. The molecule has 102 valence electrons. The summed E-state index contributed by atoms with van der Waals surface area (Å²) in [5.74, 6) is 0.857. The topological polar surface area (TPSA) is 42.0 Å². The van der Waals surface area contributed by atoms with Gasteiger partial charge in [-0.15, -0.1) is 0 Å². The lowest BCUT2D eigenvalue weighted by Crippen LogP contribution is -2.30. The molecule has 1 heterocycles. The maximum Gasteiger partial charge on any atom is 0.224 e. The third-order valence-corrected chi connectivity index (χ3v) is 3.91. The molecule has 1 aromatic heterocycles. The van der Waals surface area contributed by atoms with Crippen LogP contribution in [0.4, 0.5) is 0 Å². The van der Waals surface area contributed by atoms with Crippen molar-refractivity contribution in [3.63, 3.8) is 0 Å². The minimum absolute atomic E-state index is 0.0977. The lowest BCUT2D eigenvalue weighted by molar-refractivity contribution is -0.123. The molecule has 1 fully saturated rings. The van der Waals surface area contributed by atoms with Crippen LogP contribution >= 0.6 is 0 Å². The highest BCUT2D eigenvalue weighted by Gasteiger charge is 2.39. The number of nitrogens with one attached hydrogen (secondary N) is 1. The summed E-state index contributed by atoms with van der Waals surface area (Å²) < 4.78 is 0. The molecule has 3 atom stereocenters. The highest BCUT2D eigenvalue weighted by molar-refractivity contribution is 5.82. The van der Waals surface area contributed by atoms with E-state index in [1.165, 1.54) is 0 Å². The van der Waals surface area contributed by atoms with Crippen LogP contribution in [0.25, 0.3) is 0 Å². The van der Waals surface area contributed by atoms with Crippen LogP contribution in [0.3, 0.4) is 0 Å². The Morgan fingerprint density at radius 2 is 1.75 bits per heavy atom. The zero-order valence-electron chi connectivity index (χ0n) is 11.5. The second kappa shape index (κ2) is 5.45. The summed E-state index contributed by atoms with van der Waals surface area (Å²) in [7, 11) is 0. The summed E-state index contributed by atoms with van der Waals surface area (Å²) in [6.07, 6.45) is 4.53. The summed E-state index contributed by atoms with van der Waals surface area (Å²) >= 11 is 0. The van der Waals surface area contributed by atoms with Gasteiger partial charge in [0.15, 0.2) is 0 Å². The first-order valence-corrected chi connectivity index (χ1v) is 7.01. The molecule has 1 saturated carbocycles. The van der Waals surface area contributed by atoms with Crippen molar-refractivity contribution in [2.75, 3.05) is 0 Å². The van der Waals surface area contributed by atoms with Crippen molar-refractivity contribution in [1.29, 1.82) is 0 Å². The molecule has 3 heteroatoms. The van der Waals surface area contributed by atoms with Gasteiger partial charge in [-0.1, -0.05) is 37.3 Å². The molecule has 0 bridgehead atoms. The number of amides is 1. The predicted molar refractivity (Wildman–Crippen MR) is 77.9 cm³/mol. The average Bonchev–Trinajstić information content (AvgIpc) is 3.23. The van der Waals surface area contributed by atoms with E-state index in [9.17, 15) is 4.79 Å². The van der Waals surface area contributed by atoms with E-state index in [1.807, 2.05) is 42.5 Å². The van der Waals surface area contributed by atoms with Gasteiger partial charge in [0.2, 0.25) is 5.91 Å². The van der Waals surface area contributed by atoms with Crippen LogP contribution in [-0.4, -0.2) is 10.9 Å². The summed E-state index contributed by atoms with van der Waals surface area (Å²) in [6.45, 7) is 2.12. The molecule has 1 N–H and O–H groups in total. The van der Waals surface area contributed by atoms with Crippen LogP contribution < -0.4 is 5.32 Å². The molecule has 0 aliphatic heterocycles. The molecule has 1 aromatic carbocycles. The molecular weight excluding hydrogens is 248 g/mol. The summed E-state index contributed by atoms with van der Waals surface area (Å²) in [4.78, 5) is 16.3. The Morgan fingerprint density at radius 3 is 2.35 bits per heavy atom. The number of carbonyl (C=O) groups excluding carboxylic acids is 1. The third kappa shape index (κ3) is 2.72. The molecule has 0 saturated heterocycles. The summed E-state index contributed by atoms with van der Waals surface area (Å²) in [5.41, 5.74) is 2.16. The fourth-order valence-electron chi connectivity index (χ4n) is 2.50. The minimum atomic E-state index is -0.0977. The van der Waals surface area contributed by atoms with Gasteiger partial charge in [0.05, 0.1) is 6.04 Å². The number of aromatic nitrogens is 1. The predicted octanol–water partition coefficient (Wildman–Crippen LogP) is 2.94. The van der Waals surface area contributed by atoms with Gasteiger partial charge >= 0.3 is 0 Å². The van der Waals surface area contributed by atoms with E-state index in [4.69, 9.17) is 0 Å². The quantitative estimate of drug-likeness (QED) is 0.924.